The minimum atomic E-state index is -0.0929. The molecule has 0 bridgehead atoms. The van der Waals surface area contributed by atoms with Crippen LogP contribution in [-0.2, 0) is 16.1 Å². The summed E-state index contributed by atoms with van der Waals surface area (Å²) in [5, 5.41) is 1.35. The smallest absolute Gasteiger partial charge is 0.199 e. The number of carbonyl (C=O) groups excluding carboxylic acids is 1. The van der Waals surface area contributed by atoms with Crippen molar-refractivity contribution in [1.82, 2.24) is 4.98 Å². The standard InChI is InChI=1S/C18H21NO2S/c1-3-18(8-4-9-18)17(20)22-16-7-10-19-15-6-5-13(12-21-2)11-14(15)16/h5-7,10-11H,3-4,8-9,12H2,1-2H3. The molecule has 0 N–H and O–H groups in total. The summed E-state index contributed by atoms with van der Waals surface area (Å²) >= 11 is 1.39. The third-order valence-corrected chi connectivity index (χ3v) is 5.89. The zero-order chi connectivity index (χ0) is 15.6. The number of thioether (sulfide) groups is 1. The number of ether oxygens (including phenoxy) is 1. The molecule has 0 aliphatic heterocycles. The molecule has 1 aliphatic carbocycles. The molecule has 1 saturated carbocycles. The Morgan fingerprint density at radius 1 is 1.36 bits per heavy atom. The van der Waals surface area contributed by atoms with Crippen LogP contribution in [0.25, 0.3) is 10.9 Å². The highest BCUT2D eigenvalue weighted by Crippen LogP contribution is 2.48. The topological polar surface area (TPSA) is 39.2 Å². The van der Waals surface area contributed by atoms with Gasteiger partial charge in [0.05, 0.1) is 12.1 Å². The summed E-state index contributed by atoms with van der Waals surface area (Å²) in [4.78, 5) is 18.1. The van der Waals surface area contributed by atoms with Crippen LogP contribution in [0.3, 0.4) is 0 Å². The van der Waals surface area contributed by atoms with Gasteiger partial charge in [-0.3, -0.25) is 9.78 Å². The number of fused-ring (bicyclic) bond motifs is 1. The zero-order valence-electron chi connectivity index (χ0n) is 13.1. The van der Waals surface area contributed by atoms with Crippen molar-refractivity contribution in [2.24, 2.45) is 5.41 Å². The maximum atomic E-state index is 12.7. The van der Waals surface area contributed by atoms with Crippen LogP contribution in [0, 0.1) is 5.41 Å². The maximum Gasteiger partial charge on any atom is 0.199 e. The molecule has 0 spiro atoms. The molecule has 0 amide bonds. The van der Waals surface area contributed by atoms with Gasteiger partial charge >= 0.3 is 0 Å². The van der Waals surface area contributed by atoms with Crippen molar-refractivity contribution in [2.75, 3.05) is 7.11 Å². The fourth-order valence-electron chi connectivity index (χ4n) is 3.03. The predicted molar refractivity (Wildman–Crippen MR) is 89.9 cm³/mol. The summed E-state index contributed by atoms with van der Waals surface area (Å²) < 4.78 is 5.20. The van der Waals surface area contributed by atoms with Gasteiger partial charge in [0.15, 0.2) is 5.12 Å². The Labute approximate surface area is 135 Å². The van der Waals surface area contributed by atoms with Gasteiger partial charge < -0.3 is 4.74 Å². The van der Waals surface area contributed by atoms with Gasteiger partial charge in [-0.05, 0) is 43.0 Å². The van der Waals surface area contributed by atoms with Crippen molar-refractivity contribution in [3.8, 4) is 0 Å². The molecule has 0 saturated heterocycles. The van der Waals surface area contributed by atoms with Crippen LogP contribution in [0.4, 0.5) is 0 Å². The second kappa shape index (κ2) is 6.39. The van der Waals surface area contributed by atoms with E-state index in [0.29, 0.717) is 11.7 Å². The number of carbonyl (C=O) groups is 1. The fourth-order valence-corrected chi connectivity index (χ4v) is 4.19. The van der Waals surface area contributed by atoms with Crippen molar-refractivity contribution >= 4 is 27.8 Å². The Kier molecular flexibility index (Phi) is 4.50. The van der Waals surface area contributed by atoms with Crippen molar-refractivity contribution < 1.29 is 9.53 Å². The summed E-state index contributed by atoms with van der Waals surface area (Å²) in [6.07, 6.45) is 5.97. The number of hydrogen-bond donors (Lipinski definition) is 0. The molecule has 1 heterocycles. The normalized spacial score (nSPS) is 16.5. The first-order valence-electron chi connectivity index (χ1n) is 7.77. The molecule has 1 aliphatic rings. The second-order valence-corrected chi connectivity index (χ2v) is 6.99. The van der Waals surface area contributed by atoms with Crippen LogP contribution in [0.15, 0.2) is 35.4 Å². The van der Waals surface area contributed by atoms with Crippen LogP contribution in [0.1, 0.15) is 38.2 Å². The third kappa shape index (κ3) is 2.77. The number of rotatable bonds is 5. The highest BCUT2D eigenvalue weighted by atomic mass is 32.2. The lowest BCUT2D eigenvalue weighted by atomic mass is 9.68. The highest BCUT2D eigenvalue weighted by Gasteiger charge is 2.42. The predicted octanol–water partition coefficient (Wildman–Crippen LogP) is 4.58. The summed E-state index contributed by atoms with van der Waals surface area (Å²) in [5.41, 5.74) is 1.94. The second-order valence-electron chi connectivity index (χ2n) is 5.97. The lowest BCUT2D eigenvalue weighted by Gasteiger charge is -2.39. The largest absolute Gasteiger partial charge is 0.380 e. The summed E-state index contributed by atoms with van der Waals surface area (Å²) in [6, 6.07) is 8.05. The van der Waals surface area contributed by atoms with E-state index >= 15 is 0 Å². The SMILES string of the molecule is CCC1(C(=O)Sc2ccnc3ccc(COC)cc23)CCC1. The summed E-state index contributed by atoms with van der Waals surface area (Å²) in [5.74, 6) is 0. The molecule has 1 aromatic carbocycles. The number of aromatic nitrogens is 1. The average molecular weight is 315 g/mol. The average Bonchev–Trinajstić information content (AvgIpc) is 2.48. The summed E-state index contributed by atoms with van der Waals surface area (Å²) in [6.45, 7) is 2.70. The molecule has 0 radical (unpaired) electrons. The fraction of sp³-hybridized carbons (Fsp3) is 0.444. The molecule has 22 heavy (non-hydrogen) atoms. The number of benzene rings is 1. The van der Waals surface area contributed by atoms with E-state index in [9.17, 15) is 4.79 Å². The first kappa shape index (κ1) is 15.5. The molecule has 3 nitrogen and oxygen atoms in total. The van der Waals surface area contributed by atoms with Crippen LogP contribution in [0.2, 0.25) is 0 Å². The Hall–Kier alpha value is -1.39. The summed E-state index contributed by atoms with van der Waals surface area (Å²) in [7, 11) is 1.69. The van der Waals surface area contributed by atoms with Gasteiger partial charge in [-0.1, -0.05) is 31.2 Å². The minimum absolute atomic E-state index is 0.0929. The van der Waals surface area contributed by atoms with E-state index in [1.807, 2.05) is 18.2 Å². The number of pyridine rings is 1. The van der Waals surface area contributed by atoms with Gasteiger partial charge in [0, 0.05) is 29.0 Å². The minimum Gasteiger partial charge on any atom is -0.380 e. The maximum absolute atomic E-state index is 12.7. The zero-order valence-corrected chi connectivity index (χ0v) is 13.9. The van der Waals surface area contributed by atoms with Gasteiger partial charge in [-0.25, -0.2) is 0 Å². The molecule has 0 atom stereocenters. The molecular formula is C18H21NO2S. The first-order valence-corrected chi connectivity index (χ1v) is 8.59. The Balaban J connectivity index is 1.92. The van der Waals surface area contributed by atoms with Crippen molar-refractivity contribution in [1.29, 1.82) is 0 Å². The first-order chi connectivity index (χ1) is 10.7. The van der Waals surface area contributed by atoms with Crippen molar-refractivity contribution in [3.63, 3.8) is 0 Å². The van der Waals surface area contributed by atoms with E-state index in [1.165, 1.54) is 18.2 Å². The van der Waals surface area contributed by atoms with Gasteiger partial charge in [0.25, 0.3) is 0 Å². The Morgan fingerprint density at radius 2 is 2.18 bits per heavy atom. The van der Waals surface area contributed by atoms with Gasteiger partial charge in [0.1, 0.15) is 0 Å². The molecule has 1 aromatic heterocycles. The van der Waals surface area contributed by atoms with E-state index in [2.05, 4.69) is 18.0 Å². The highest BCUT2D eigenvalue weighted by molar-refractivity contribution is 8.14. The van der Waals surface area contributed by atoms with E-state index < -0.39 is 0 Å². The monoisotopic (exact) mass is 315 g/mol. The lowest BCUT2D eigenvalue weighted by molar-refractivity contribution is -0.124. The molecule has 2 aromatic rings. The molecule has 116 valence electrons. The molecule has 0 unspecified atom stereocenters. The molecule has 4 heteroatoms. The van der Waals surface area contributed by atoms with Crippen molar-refractivity contribution in [2.45, 2.75) is 44.1 Å². The number of nitrogens with zero attached hydrogens (tertiary/aromatic N) is 1. The van der Waals surface area contributed by atoms with Gasteiger partial charge in [0.2, 0.25) is 0 Å². The molecule has 1 fully saturated rings. The van der Waals surface area contributed by atoms with E-state index in [4.69, 9.17) is 4.74 Å². The van der Waals surface area contributed by atoms with E-state index in [1.54, 1.807) is 13.3 Å². The van der Waals surface area contributed by atoms with Gasteiger partial charge in [-0.15, -0.1) is 0 Å². The molecular weight excluding hydrogens is 294 g/mol. The van der Waals surface area contributed by atoms with Gasteiger partial charge in [-0.2, -0.15) is 0 Å². The molecule has 3 rings (SSSR count). The van der Waals surface area contributed by atoms with E-state index in [-0.39, 0.29) is 5.41 Å². The number of methoxy groups -OCH3 is 1. The third-order valence-electron chi connectivity index (χ3n) is 4.70. The number of hydrogen-bond acceptors (Lipinski definition) is 4. The van der Waals surface area contributed by atoms with Crippen molar-refractivity contribution in [3.05, 3.63) is 36.0 Å². The Bertz CT molecular complexity index is 689. The van der Waals surface area contributed by atoms with Crippen LogP contribution < -0.4 is 0 Å². The Morgan fingerprint density at radius 3 is 2.82 bits per heavy atom. The quantitative estimate of drug-likeness (QED) is 0.757. The van der Waals surface area contributed by atoms with Crippen LogP contribution in [-0.4, -0.2) is 17.2 Å². The lowest BCUT2D eigenvalue weighted by Crippen LogP contribution is -2.35. The van der Waals surface area contributed by atoms with E-state index in [0.717, 1.165) is 40.6 Å². The van der Waals surface area contributed by atoms with Crippen LogP contribution in [0.5, 0.6) is 0 Å². The van der Waals surface area contributed by atoms with Crippen LogP contribution >= 0.6 is 11.8 Å².